The zero-order valence-electron chi connectivity index (χ0n) is 24.4. The van der Waals surface area contributed by atoms with Crippen molar-refractivity contribution in [2.45, 2.75) is 50.6 Å². The topological polar surface area (TPSA) is 0 Å². The first-order valence-corrected chi connectivity index (χ1v) is 18.5. The summed E-state index contributed by atoms with van der Waals surface area (Å²) in [5.74, 6) is 0.561. The van der Waals surface area contributed by atoms with E-state index in [1.165, 1.54) is 39.0 Å². The van der Waals surface area contributed by atoms with Crippen molar-refractivity contribution in [3.63, 3.8) is 0 Å². The van der Waals surface area contributed by atoms with Gasteiger partial charge < -0.3 is 24.8 Å². The second kappa shape index (κ2) is 13.8. The van der Waals surface area contributed by atoms with Crippen molar-refractivity contribution in [2.24, 2.45) is 5.92 Å². The number of hydrogen-bond acceptors (Lipinski definition) is 0. The molecule has 0 unspecified atom stereocenters. The fourth-order valence-electron chi connectivity index (χ4n) is 6.43. The molecular formula is C38H38Cl2Zr. The normalized spacial score (nSPS) is 13.3. The van der Waals surface area contributed by atoms with Crippen molar-refractivity contribution in [2.75, 3.05) is 0 Å². The molecule has 0 radical (unpaired) electrons. The molecule has 0 heterocycles. The number of benzene rings is 4. The Labute approximate surface area is 266 Å². The summed E-state index contributed by atoms with van der Waals surface area (Å²) in [5, 5.41) is 0. The van der Waals surface area contributed by atoms with E-state index in [-0.39, 0.29) is 24.8 Å². The van der Waals surface area contributed by atoms with Gasteiger partial charge in [-0.3, -0.25) is 0 Å². The molecule has 2 aliphatic rings. The molecule has 0 amide bonds. The second-order valence-corrected chi connectivity index (χ2v) is 17.5. The van der Waals surface area contributed by atoms with Gasteiger partial charge in [0.15, 0.2) is 0 Å². The minimum atomic E-state index is -2.65. The average molecular weight is 657 g/mol. The molecule has 0 saturated carbocycles. The molecular weight excluding hydrogens is 619 g/mol. The van der Waals surface area contributed by atoms with E-state index in [0.29, 0.717) is 9.54 Å². The van der Waals surface area contributed by atoms with Crippen LogP contribution in [0.15, 0.2) is 118 Å². The van der Waals surface area contributed by atoms with E-state index in [2.05, 4.69) is 137 Å². The van der Waals surface area contributed by atoms with Crippen molar-refractivity contribution >= 4 is 3.21 Å². The van der Waals surface area contributed by atoms with Gasteiger partial charge in [-0.05, 0) is 0 Å². The average Bonchev–Trinajstić information content (AvgIpc) is 3.59. The van der Waals surface area contributed by atoms with Crippen LogP contribution < -0.4 is 24.8 Å². The summed E-state index contributed by atoms with van der Waals surface area (Å²) in [5.41, 5.74) is 13.3. The molecule has 0 saturated heterocycles. The number of hydrogen-bond donors (Lipinski definition) is 0. The van der Waals surface area contributed by atoms with Crippen LogP contribution in [-0.2, 0) is 34.1 Å². The van der Waals surface area contributed by atoms with Gasteiger partial charge in [0.05, 0.1) is 0 Å². The molecule has 0 bridgehead atoms. The number of halogens is 2. The molecule has 6 rings (SSSR count). The number of aryl methyl sites for hydroxylation is 2. The third-order valence-corrected chi connectivity index (χ3v) is 16.8. The van der Waals surface area contributed by atoms with Gasteiger partial charge in [0, 0.05) is 0 Å². The van der Waals surface area contributed by atoms with Crippen molar-refractivity contribution in [1.29, 1.82) is 0 Å². The van der Waals surface area contributed by atoms with E-state index in [4.69, 9.17) is 0 Å². The summed E-state index contributed by atoms with van der Waals surface area (Å²) in [6.07, 6.45) is 8.40. The molecule has 0 aromatic heterocycles. The molecule has 2 aliphatic carbocycles. The summed E-state index contributed by atoms with van der Waals surface area (Å²) in [4.78, 5) is 0. The van der Waals surface area contributed by atoms with Gasteiger partial charge in [-0.2, -0.15) is 0 Å². The van der Waals surface area contributed by atoms with E-state index in [9.17, 15) is 0 Å². The summed E-state index contributed by atoms with van der Waals surface area (Å²) in [6, 6.07) is 37.3. The number of allylic oxidation sites excluding steroid dienone is 4. The fourth-order valence-corrected chi connectivity index (χ4v) is 15.5. The monoisotopic (exact) mass is 654 g/mol. The van der Waals surface area contributed by atoms with Crippen molar-refractivity contribution in [1.82, 2.24) is 0 Å². The number of fused-ring (bicyclic) bond motifs is 3. The smallest absolute Gasteiger partial charge is 1.00 e. The number of rotatable bonds is 7. The quantitative estimate of drug-likeness (QED) is 0.285. The van der Waals surface area contributed by atoms with Gasteiger partial charge in [-0.1, -0.05) is 0 Å². The first-order valence-electron chi connectivity index (χ1n) is 14.6. The Kier molecular flexibility index (Phi) is 10.6. The molecule has 3 heteroatoms. The van der Waals surface area contributed by atoms with Crippen LogP contribution in [0.3, 0.4) is 0 Å². The van der Waals surface area contributed by atoms with E-state index in [1.807, 2.05) is 0 Å². The van der Waals surface area contributed by atoms with Crippen molar-refractivity contribution in [3.8, 4) is 11.1 Å². The molecule has 41 heavy (non-hydrogen) atoms. The maximum Gasteiger partial charge on any atom is -1.00 e. The van der Waals surface area contributed by atoms with E-state index < -0.39 is 21.3 Å². The van der Waals surface area contributed by atoms with Crippen LogP contribution in [0.2, 0.25) is 0 Å². The van der Waals surface area contributed by atoms with Crippen LogP contribution in [0.1, 0.15) is 71.1 Å². The molecule has 0 fully saturated rings. The Balaban J connectivity index is 0.00000194. The fraction of sp³-hybridized carbons (Fsp3) is 0.237. The van der Waals surface area contributed by atoms with E-state index in [1.54, 1.807) is 17.6 Å². The summed E-state index contributed by atoms with van der Waals surface area (Å²) < 4.78 is 3.84. The summed E-state index contributed by atoms with van der Waals surface area (Å²) in [6.45, 7) is 9.26. The molecule has 0 nitrogen and oxygen atoms in total. The van der Waals surface area contributed by atoms with Gasteiger partial charge in [-0.25, -0.2) is 0 Å². The predicted molar refractivity (Wildman–Crippen MR) is 164 cm³/mol. The molecule has 0 spiro atoms. The van der Waals surface area contributed by atoms with Crippen molar-refractivity contribution in [3.05, 3.63) is 151 Å². The molecule has 4 aromatic rings. The zero-order valence-corrected chi connectivity index (χ0v) is 28.4. The van der Waals surface area contributed by atoms with Gasteiger partial charge in [0.25, 0.3) is 0 Å². The van der Waals surface area contributed by atoms with Gasteiger partial charge in [0.1, 0.15) is 0 Å². The molecule has 0 N–H and O–H groups in total. The first-order chi connectivity index (χ1) is 19.1. The SMILES string of the molecule is CCc1ccc2c(c1)[CH]([Zr+2]([C]1=CC(C(C)C)=CC1)=[C](c1ccccc1)c1ccccc1)c1cc(CC)ccc1-2.[Cl-].[Cl-]. The minimum absolute atomic E-state index is 0. The van der Waals surface area contributed by atoms with Crippen molar-refractivity contribution < 1.29 is 46.1 Å². The van der Waals surface area contributed by atoms with Crippen LogP contribution in [0.5, 0.6) is 0 Å². The standard InChI is InChI=1S/C17H17.C13H10.C8H11.2ClH.Zr/c1-3-12-5-7-16-14(9-12)11-15-10-13(4-2)6-8-17(15)16;1-3-7-12(8-4-1)11-13-9-5-2-6-10-13;1-7(2)8-5-3-4-6-8;;;/h5-11H,3-4H2,1-2H3;1-10H;5-7H,3H2,1-2H3;2*1H;/q;;;;;+2/p-2. The summed E-state index contributed by atoms with van der Waals surface area (Å²) >= 11 is -2.65. The Morgan fingerprint density at radius 3 is 1.61 bits per heavy atom. The Hall–Kier alpha value is -2.31. The molecule has 0 aliphatic heterocycles. The van der Waals surface area contributed by atoms with Crippen LogP contribution in [-0.4, -0.2) is 3.21 Å². The third-order valence-electron chi connectivity index (χ3n) is 8.55. The molecule has 0 atom stereocenters. The summed E-state index contributed by atoms with van der Waals surface area (Å²) in [7, 11) is 0. The maximum atomic E-state index is 2.62. The maximum absolute atomic E-state index is 2.65. The minimum Gasteiger partial charge on any atom is -1.00 e. The predicted octanol–water partition coefficient (Wildman–Crippen LogP) is 3.65. The largest absolute Gasteiger partial charge is 1.00 e. The Morgan fingerprint density at radius 2 is 1.20 bits per heavy atom. The van der Waals surface area contributed by atoms with Crippen LogP contribution >= 0.6 is 0 Å². The van der Waals surface area contributed by atoms with Crippen LogP contribution in [0, 0.1) is 5.92 Å². The Morgan fingerprint density at radius 1 is 0.707 bits per heavy atom. The van der Waals surface area contributed by atoms with Gasteiger partial charge in [0.2, 0.25) is 0 Å². The van der Waals surface area contributed by atoms with E-state index >= 15 is 0 Å². The molecule has 4 aromatic carbocycles. The molecule has 208 valence electrons. The first kappa shape index (κ1) is 31.6. The van der Waals surface area contributed by atoms with Crippen LogP contribution in [0.4, 0.5) is 0 Å². The second-order valence-electron chi connectivity index (χ2n) is 11.2. The zero-order chi connectivity index (χ0) is 26.9. The Bertz CT molecular complexity index is 1520. The van der Waals surface area contributed by atoms with E-state index in [0.717, 1.165) is 19.3 Å². The van der Waals surface area contributed by atoms with Gasteiger partial charge in [-0.15, -0.1) is 0 Å². The van der Waals surface area contributed by atoms with Gasteiger partial charge >= 0.3 is 244 Å². The third kappa shape index (κ3) is 6.10. The van der Waals surface area contributed by atoms with Crippen LogP contribution in [0.25, 0.3) is 11.1 Å².